The van der Waals surface area contributed by atoms with E-state index in [1.54, 1.807) is 0 Å². The van der Waals surface area contributed by atoms with Crippen molar-refractivity contribution in [2.75, 3.05) is 25.7 Å². The Hall–Kier alpha value is -2.51. The minimum Gasteiger partial charge on any atom is -0.467 e. The number of hydrogen-bond acceptors (Lipinski definition) is 10. The zero-order chi connectivity index (χ0) is 25.7. The molecule has 13 heteroatoms. The van der Waals surface area contributed by atoms with Crippen LogP contribution in [0.2, 0.25) is 0 Å². The predicted molar refractivity (Wildman–Crippen MR) is 133 cm³/mol. The number of carbonyl (C=O) groups is 5. The Bertz CT molecular complexity index is 1030. The summed E-state index contributed by atoms with van der Waals surface area (Å²) in [7, 11) is 1.23. The van der Waals surface area contributed by atoms with Crippen LogP contribution in [-0.2, 0) is 33.4 Å². The first-order chi connectivity index (χ1) is 16.7. The number of carbonyl (C=O) groups excluding carboxylic acids is 5. The standard InChI is InChI=1S/C22H27N3O7S3/c1-11(26)23-19-13(10-32-12(2)27)17(18(28)24-14(7-9-33-4)22(30)31-3)25-20(29)16(21(25)35-19)15-6-5-8-34-15/h5-6,8,14,16,19,21H,7,9-10H2,1-4H3,(H,23,26)(H,24,28)/t14?,16-,19?,21-/m1/s1. The third-order valence-electron chi connectivity index (χ3n) is 5.41. The lowest BCUT2D eigenvalue weighted by molar-refractivity contribution is -0.146. The quantitative estimate of drug-likeness (QED) is 0.334. The summed E-state index contributed by atoms with van der Waals surface area (Å²) in [4.78, 5) is 64.9. The molecule has 2 aliphatic rings. The van der Waals surface area contributed by atoms with Gasteiger partial charge in [-0.25, -0.2) is 4.79 Å². The van der Waals surface area contributed by atoms with Crippen LogP contribution >= 0.6 is 34.9 Å². The van der Waals surface area contributed by atoms with E-state index in [1.165, 1.54) is 60.7 Å². The molecular formula is C22H27N3O7S3. The first-order valence-corrected chi connectivity index (χ1v) is 13.9. The summed E-state index contributed by atoms with van der Waals surface area (Å²) >= 11 is 4.24. The van der Waals surface area contributed by atoms with Gasteiger partial charge in [0.15, 0.2) is 0 Å². The number of rotatable bonds is 10. The smallest absolute Gasteiger partial charge is 0.328 e. The third kappa shape index (κ3) is 6.01. The van der Waals surface area contributed by atoms with Gasteiger partial charge in [0.1, 0.15) is 35.0 Å². The van der Waals surface area contributed by atoms with Crippen molar-refractivity contribution in [1.82, 2.24) is 15.5 Å². The van der Waals surface area contributed by atoms with E-state index in [2.05, 4.69) is 10.6 Å². The maximum absolute atomic E-state index is 13.6. The maximum Gasteiger partial charge on any atom is 0.328 e. The number of amides is 3. The van der Waals surface area contributed by atoms with Crippen LogP contribution in [0.3, 0.4) is 0 Å². The summed E-state index contributed by atoms with van der Waals surface area (Å²) in [6.45, 7) is 2.27. The van der Waals surface area contributed by atoms with E-state index < -0.39 is 40.6 Å². The maximum atomic E-state index is 13.6. The number of esters is 2. The highest BCUT2D eigenvalue weighted by Crippen LogP contribution is 2.51. The first-order valence-electron chi connectivity index (χ1n) is 10.7. The van der Waals surface area contributed by atoms with Gasteiger partial charge in [0.05, 0.1) is 7.11 Å². The number of β-lactam (4-membered cyclic amide) rings is 1. The molecule has 1 fully saturated rings. The Labute approximate surface area is 215 Å². The van der Waals surface area contributed by atoms with E-state index in [4.69, 9.17) is 9.47 Å². The second-order valence-corrected chi connectivity index (χ2v) is 11.0. The van der Waals surface area contributed by atoms with Gasteiger partial charge in [0.25, 0.3) is 5.91 Å². The number of methoxy groups -OCH3 is 1. The van der Waals surface area contributed by atoms with E-state index in [0.717, 1.165) is 4.88 Å². The Morgan fingerprint density at radius 3 is 2.57 bits per heavy atom. The first kappa shape index (κ1) is 27.1. The van der Waals surface area contributed by atoms with Crippen molar-refractivity contribution in [2.45, 2.75) is 43.0 Å². The zero-order valence-corrected chi connectivity index (χ0v) is 22.1. The largest absolute Gasteiger partial charge is 0.467 e. The van der Waals surface area contributed by atoms with E-state index in [9.17, 15) is 24.0 Å². The molecule has 3 heterocycles. The highest BCUT2D eigenvalue weighted by atomic mass is 32.2. The molecule has 0 aromatic carbocycles. The number of thiophene rings is 1. The lowest BCUT2D eigenvalue weighted by Crippen LogP contribution is -2.63. The van der Waals surface area contributed by atoms with Gasteiger partial charge >= 0.3 is 11.9 Å². The number of nitrogens with one attached hydrogen (secondary N) is 2. The van der Waals surface area contributed by atoms with E-state index in [0.29, 0.717) is 12.2 Å². The van der Waals surface area contributed by atoms with Crippen LogP contribution in [0.4, 0.5) is 0 Å². The predicted octanol–water partition coefficient (Wildman–Crippen LogP) is 1.44. The van der Waals surface area contributed by atoms with E-state index in [1.807, 2.05) is 23.8 Å². The summed E-state index contributed by atoms with van der Waals surface area (Å²) in [6, 6.07) is 2.77. The van der Waals surface area contributed by atoms with Crippen LogP contribution in [0.5, 0.6) is 0 Å². The van der Waals surface area contributed by atoms with Crippen LogP contribution in [0, 0.1) is 0 Å². The lowest BCUT2D eigenvalue weighted by Gasteiger charge is -2.51. The molecule has 0 aliphatic carbocycles. The molecule has 2 N–H and O–H groups in total. The molecular weight excluding hydrogens is 514 g/mol. The Balaban J connectivity index is 2.02. The summed E-state index contributed by atoms with van der Waals surface area (Å²) in [5.74, 6) is -2.39. The second-order valence-electron chi connectivity index (χ2n) is 7.79. The van der Waals surface area contributed by atoms with E-state index >= 15 is 0 Å². The molecule has 2 aliphatic heterocycles. The Morgan fingerprint density at radius 1 is 1.26 bits per heavy atom. The molecule has 1 saturated heterocycles. The summed E-state index contributed by atoms with van der Waals surface area (Å²) < 4.78 is 10.0. The number of nitrogens with zero attached hydrogens (tertiary/aromatic N) is 1. The van der Waals surface area contributed by atoms with Crippen molar-refractivity contribution < 1.29 is 33.4 Å². The highest BCUT2D eigenvalue weighted by molar-refractivity contribution is 8.00. The van der Waals surface area contributed by atoms with Crippen LogP contribution < -0.4 is 10.6 Å². The average molecular weight is 542 g/mol. The van der Waals surface area contributed by atoms with Gasteiger partial charge < -0.3 is 20.1 Å². The SMILES string of the molecule is COC(=O)C(CCSC)NC(=O)C1=C(COC(C)=O)C(NC(C)=O)S[C@@H]2[C@H](c3cccs3)C(=O)N12. The van der Waals surface area contributed by atoms with Gasteiger partial charge in [-0.3, -0.25) is 24.1 Å². The topological polar surface area (TPSA) is 131 Å². The molecule has 10 nitrogen and oxygen atoms in total. The lowest BCUT2D eigenvalue weighted by atomic mass is 9.93. The molecule has 0 spiro atoms. The number of thioether (sulfide) groups is 2. The average Bonchev–Trinajstić information content (AvgIpc) is 3.32. The van der Waals surface area contributed by atoms with Crippen molar-refractivity contribution in [2.24, 2.45) is 0 Å². The Morgan fingerprint density at radius 2 is 2.00 bits per heavy atom. The minimum atomic E-state index is -0.931. The van der Waals surface area contributed by atoms with Gasteiger partial charge in [0, 0.05) is 24.3 Å². The van der Waals surface area contributed by atoms with E-state index in [-0.39, 0.29) is 29.7 Å². The fraction of sp³-hybridized carbons (Fsp3) is 0.500. The fourth-order valence-corrected chi connectivity index (χ4v) is 6.82. The molecule has 1 aromatic heterocycles. The molecule has 3 amide bonds. The Kier molecular flexibility index (Phi) is 9.25. The van der Waals surface area contributed by atoms with Crippen molar-refractivity contribution >= 4 is 64.5 Å². The van der Waals surface area contributed by atoms with Crippen molar-refractivity contribution in [3.63, 3.8) is 0 Å². The summed E-state index contributed by atoms with van der Waals surface area (Å²) in [5, 5.41) is 6.17. The molecule has 3 rings (SSSR count). The molecule has 0 saturated carbocycles. The second kappa shape index (κ2) is 12.0. The third-order valence-corrected chi connectivity index (χ3v) is 8.45. The normalized spacial score (nSPS) is 22.0. The molecule has 2 unspecified atom stereocenters. The zero-order valence-electron chi connectivity index (χ0n) is 19.7. The molecule has 1 aromatic rings. The number of hydrogen-bond donors (Lipinski definition) is 2. The highest BCUT2D eigenvalue weighted by Gasteiger charge is 2.56. The van der Waals surface area contributed by atoms with Gasteiger partial charge in [-0.15, -0.1) is 23.1 Å². The van der Waals surface area contributed by atoms with Crippen molar-refractivity contribution in [1.29, 1.82) is 0 Å². The van der Waals surface area contributed by atoms with Crippen molar-refractivity contribution in [3.8, 4) is 0 Å². The molecule has 190 valence electrons. The van der Waals surface area contributed by atoms with Gasteiger partial charge in [-0.05, 0) is 29.9 Å². The molecule has 4 atom stereocenters. The van der Waals surface area contributed by atoms with Gasteiger partial charge in [-0.1, -0.05) is 6.07 Å². The van der Waals surface area contributed by atoms with Crippen LogP contribution in [0.1, 0.15) is 31.1 Å². The molecule has 35 heavy (non-hydrogen) atoms. The number of fused-ring (bicyclic) bond motifs is 1. The van der Waals surface area contributed by atoms with Crippen molar-refractivity contribution in [3.05, 3.63) is 33.7 Å². The number of ether oxygens (including phenoxy) is 2. The summed E-state index contributed by atoms with van der Waals surface area (Å²) in [5.41, 5.74) is 0.241. The molecule has 0 bridgehead atoms. The minimum absolute atomic E-state index is 0.0235. The molecule has 0 radical (unpaired) electrons. The summed E-state index contributed by atoms with van der Waals surface area (Å²) in [6.07, 6.45) is 2.20. The monoisotopic (exact) mass is 541 g/mol. The van der Waals surface area contributed by atoms with Gasteiger partial charge in [0.2, 0.25) is 11.8 Å². The van der Waals surface area contributed by atoms with Crippen LogP contribution in [0.15, 0.2) is 28.8 Å². The van der Waals surface area contributed by atoms with Crippen LogP contribution in [0.25, 0.3) is 0 Å². The van der Waals surface area contributed by atoms with Crippen LogP contribution in [-0.4, -0.2) is 77.1 Å². The van der Waals surface area contributed by atoms with Gasteiger partial charge in [-0.2, -0.15) is 11.8 Å². The fourth-order valence-electron chi connectivity index (χ4n) is 3.81.